The molecule has 3 nitrogen and oxygen atoms in total. The van der Waals surface area contributed by atoms with Crippen LogP contribution in [0.1, 0.15) is 5.56 Å². The van der Waals surface area contributed by atoms with Crippen LogP contribution in [-0.4, -0.2) is 26.4 Å². The SMILES string of the molecule is COc1c(Br)cc(CNC2COC2)cc1Br. The maximum atomic E-state index is 5.25. The standard InChI is InChI=1S/C11H13Br2NO2/c1-15-11-9(12)2-7(3-10(11)13)4-14-8-5-16-6-8/h2-3,8,14H,4-6H2,1H3. The fourth-order valence-electron chi connectivity index (χ4n) is 1.53. The molecule has 2 rings (SSSR count). The van der Waals surface area contributed by atoms with Gasteiger partial charge in [-0.2, -0.15) is 0 Å². The van der Waals surface area contributed by atoms with Gasteiger partial charge in [0.1, 0.15) is 5.75 Å². The first-order valence-electron chi connectivity index (χ1n) is 5.03. The molecular formula is C11H13Br2NO2. The normalized spacial score (nSPS) is 15.9. The highest BCUT2D eigenvalue weighted by molar-refractivity contribution is 9.11. The Labute approximate surface area is 112 Å². The molecule has 5 heteroatoms. The van der Waals surface area contributed by atoms with Crippen molar-refractivity contribution in [2.45, 2.75) is 12.6 Å². The second-order valence-corrected chi connectivity index (χ2v) is 5.42. The highest BCUT2D eigenvalue weighted by Gasteiger charge is 2.17. The van der Waals surface area contributed by atoms with Gasteiger partial charge >= 0.3 is 0 Å². The summed E-state index contributed by atoms with van der Waals surface area (Å²) in [6, 6.07) is 4.63. The summed E-state index contributed by atoms with van der Waals surface area (Å²) in [5.41, 5.74) is 1.21. The van der Waals surface area contributed by atoms with Gasteiger partial charge in [-0.25, -0.2) is 0 Å². The molecule has 1 heterocycles. The third-order valence-electron chi connectivity index (χ3n) is 2.50. The number of hydrogen-bond donors (Lipinski definition) is 1. The Morgan fingerprint density at radius 1 is 1.38 bits per heavy atom. The molecule has 16 heavy (non-hydrogen) atoms. The van der Waals surface area contributed by atoms with Crippen LogP contribution in [-0.2, 0) is 11.3 Å². The van der Waals surface area contributed by atoms with Gasteiger partial charge in [-0.1, -0.05) is 0 Å². The molecule has 0 atom stereocenters. The molecule has 1 aliphatic rings. The average molecular weight is 351 g/mol. The molecule has 0 bridgehead atoms. The number of nitrogens with one attached hydrogen (secondary N) is 1. The number of hydrogen-bond acceptors (Lipinski definition) is 3. The van der Waals surface area contributed by atoms with Crippen molar-refractivity contribution in [3.05, 3.63) is 26.6 Å². The third kappa shape index (κ3) is 2.77. The summed E-state index contributed by atoms with van der Waals surface area (Å²) in [5.74, 6) is 0.829. The lowest BCUT2D eigenvalue weighted by Crippen LogP contribution is -2.45. The van der Waals surface area contributed by atoms with E-state index in [2.05, 4.69) is 49.3 Å². The van der Waals surface area contributed by atoms with Gasteiger partial charge in [-0.05, 0) is 49.6 Å². The van der Waals surface area contributed by atoms with E-state index in [1.54, 1.807) is 7.11 Å². The third-order valence-corrected chi connectivity index (χ3v) is 3.67. The first-order valence-corrected chi connectivity index (χ1v) is 6.62. The molecule has 0 unspecified atom stereocenters. The molecule has 0 amide bonds. The first-order chi connectivity index (χ1) is 7.70. The van der Waals surface area contributed by atoms with Crippen LogP contribution >= 0.6 is 31.9 Å². The van der Waals surface area contributed by atoms with Gasteiger partial charge in [0.25, 0.3) is 0 Å². The Bertz CT molecular complexity index is 357. The lowest BCUT2D eigenvalue weighted by molar-refractivity contribution is -0.00578. The minimum absolute atomic E-state index is 0.500. The van der Waals surface area contributed by atoms with E-state index >= 15 is 0 Å². The van der Waals surface area contributed by atoms with Crippen LogP contribution in [0.25, 0.3) is 0 Å². The van der Waals surface area contributed by atoms with Gasteiger partial charge in [0.05, 0.1) is 35.3 Å². The highest BCUT2D eigenvalue weighted by atomic mass is 79.9. The van der Waals surface area contributed by atoms with Gasteiger partial charge in [-0.15, -0.1) is 0 Å². The van der Waals surface area contributed by atoms with Crippen LogP contribution in [0.5, 0.6) is 5.75 Å². The highest BCUT2D eigenvalue weighted by Crippen LogP contribution is 2.34. The van der Waals surface area contributed by atoms with E-state index in [1.807, 2.05) is 0 Å². The van der Waals surface area contributed by atoms with Crippen LogP contribution in [0.2, 0.25) is 0 Å². The van der Waals surface area contributed by atoms with Gasteiger partial charge in [0.2, 0.25) is 0 Å². The van der Waals surface area contributed by atoms with Crippen LogP contribution in [0.3, 0.4) is 0 Å². The molecular weight excluding hydrogens is 338 g/mol. The van der Waals surface area contributed by atoms with E-state index in [1.165, 1.54) is 5.56 Å². The van der Waals surface area contributed by atoms with Crippen molar-refractivity contribution in [2.75, 3.05) is 20.3 Å². The fourth-order valence-corrected chi connectivity index (χ4v) is 3.13. The number of halogens is 2. The maximum Gasteiger partial charge on any atom is 0.147 e. The van der Waals surface area contributed by atoms with Gasteiger partial charge in [-0.3, -0.25) is 0 Å². The Balaban J connectivity index is 2.03. The van der Waals surface area contributed by atoms with Crippen molar-refractivity contribution < 1.29 is 9.47 Å². The molecule has 0 aromatic heterocycles. The van der Waals surface area contributed by atoms with Gasteiger partial charge < -0.3 is 14.8 Å². The Kier molecular flexibility index (Phi) is 4.24. The smallest absolute Gasteiger partial charge is 0.147 e. The molecule has 1 N–H and O–H groups in total. The second kappa shape index (κ2) is 5.49. The molecule has 0 radical (unpaired) electrons. The zero-order valence-electron chi connectivity index (χ0n) is 8.93. The Morgan fingerprint density at radius 2 is 2.00 bits per heavy atom. The molecule has 0 saturated carbocycles. The van der Waals surface area contributed by atoms with E-state index < -0.39 is 0 Å². The van der Waals surface area contributed by atoms with Crippen LogP contribution in [0, 0.1) is 0 Å². The summed E-state index contributed by atoms with van der Waals surface area (Å²) >= 11 is 6.98. The van der Waals surface area contributed by atoms with Crippen molar-refractivity contribution in [2.24, 2.45) is 0 Å². The average Bonchev–Trinajstić information content (AvgIpc) is 2.15. The summed E-state index contributed by atoms with van der Waals surface area (Å²) in [5, 5.41) is 3.42. The molecule has 1 aromatic rings. The topological polar surface area (TPSA) is 30.5 Å². The van der Waals surface area contributed by atoms with Crippen molar-refractivity contribution >= 4 is 31.9 Å². The number of benzene rings is 1. The van der Waals surface area contributed by atoms with E-state index in [9.17, 15) is 0 Å². The van der Waals surface area contributed by atoms with Crippen molar-refractivity contribution in [3.8, 4) is 5.75 Å². The van der Waals surface area contributed by atoms with Crippen molar-refractivity contribution in [1.29, 1.82) is 0 Å². The molecule has 1 saturated heterocycles. The monoisotopic (exact) mass is 349 g/mol. The summed E-state index contributed by atoms with van der Waals surface area (Å²) in [7, 11) is 1.66. The zero-order valence-corrected chi connectivity index (χ0v) is 12.1. The van der Waals surface area contributed by atoms with Crippen LogP contribution in [0.15, 0.2) is 21.1 Å². The first kappa shape index (κ1) is 12.4. The maximum absolute atomic E-state index is 5.25. The summed E-state index contributed by atoms with van der Waals surface area (Å²) < 4.78 is 12.3. The molecule has 88 valence electrons. The van der Waals surface area contributed by atoms with E-state index in [0.717, 1.165) is 34.5 Å². The van der Waals surface area contributed by atoms with Crippen LogP contribution in [0.4, 0.5) is 0 Å². The molecule has 1 aliphatic heterocycles. The summed E-state index contributed by atoms with van der Waals surface area (Å²) in [4.78, 5) is 0. The number of methoxy groups -OCH3 is 1. The number of rotatable bonds is 4. The minimum Gasteiger partial charge on any atom is -0.494 e. The zero-order chi connectivity index (χ0) is 11.5. The lowest BCUT2D eigenvalue weighted by Gasteiger charge is -2.27. The molecule has 1 aromatic carbocycles. The fraction of sp³-hybridized carbons (Fsp3) is 0.455. The summed E-state index contributed by atoms with van der Waals surface area (Å²) in [6.45, 7) is 2.48. The quantitative estimate of drug-likeness (QED) is 0.905. The van der Waals surface area contributed by atoms with E-state index in [4.69, 9.17) is 9.47 Å². The second-order valence-electron chi connectivity index (χ2n) is 3.71. The minimum atomic E-state index is 0.500. The largest absolute Gasteiger partial charge is 0.494 e. The molecule has 0 aliphatic carbocycles. The van der Waals surface area contributed by atoms with E-state index in [0.29, 0.717) is 6.04 Å². The van der Waals surface area contributed by atoms with Gasteiger partial charge in [0, 0.05) is 6.54 Å². The lowest BCUT2D eigenvalue weighted by atomic mass is 10.2. The molecule has 0 spiro atoms. The number of ether oxygens (including phenoxy) is 2. The predicted octanol–water partition coefficient (Wildman–Crippen LogP) is 2.71. The van der Waals surface area contributed by atoms with Crippen molar-refractivity contribution in [1.82, 2.24) is 5.32 Å². The van der Waals surface area contributed by atoms with Crippen LogP contribution < -0.4 is 10.1 Å². The Morgan fingerprint density at radius 3 is 2.44 bits per heavy atom. The predicted molar refractivity (Wildman–Crippen MR) is 69.8 cm³/mol. The van der Waals surface area contributed by atoms with Gasteiger partial charge in [0.15, 0.2) is 0 Å². The molecule has 1 fully saturated rings. The van der Waals surface area contributed by atoms with Crippen molar-refractivity contribution in [3.63, 3.8) is 0 Å². The Hall–Kier alpha value is -0.100. The summed E-state index contributed by atoms with van der Waals surface area (Å²) in [6.07, 6.45) is 0. The van der Waals surface area contributed by atoms with E-state index in [-0.39, 0.29) is 0 Å².